The Kier molecular flexibility index (Phi) is 6.15. The zero-order valence-corrected chi connectivity index (χ0v) is 19.3. The summed E-state index contributed by atoms with van der Waals surface area (Å²) in [7, 11) is 1.55. The average Bonchev–Trinajstić information content (AvgIpc) is 3.36. The maximum Gasteiger partial charge on any atom is 0.416 e. The number of nitrogens with one attached hydrogen (secondary N) is 1. The van der Waals surface area contributed by atoms with E-state index in [0.29, 0.717) is 25.0 Å². The topological polar surface area (TPSA) is 97.6 Å². The van der Waals surface area contributed by atoms with E-state index in [-0.39, 0.29) is 41.6 Å². The number of rotatable bonds is 5. The third-order valence-electron chi connectivity index (χ3n) is 6.70. The van der Waals surface area contributed by atoms with Gasteiger partial charge in [-0.2, -0.15) is 18.2 Å². The Morgan fingerprint density at radius 1 is 1.14 bits per heavy atom. The Morgan fingerprint density at radius 3 is 2.72 bits per heavy atom. The van der Waals surface area contributed by atoms with Gasteiger partial charge >= 0.3 is 12.2 Å². The molecular formula is C25H23F3N4O4. The molecule has 5 rings (SSSR count). The molecule has 1 N–H and O–H groups in total. The minimum atomic E-state index is -4.48. The third kappa shape index (κ3) is 4.65. The number of carbonyl (C=O) groups is 2. The summed E-state index contributed by atoms with van der Waals surface area (Å²) in [6.07, 6.45) is -2.99. The zero-order valence-electron chi connectivity index (χ0n) is 19.3. The second kappa shape index (κ2) is 9.29. The molecule has 0 radical (unpaired) electrons. The molecule has 8 nitrogen and oxygen atoms in total. The van der Waals surface area contributed by atoms with Gasteiger partial charge in [-0.1, -0.05) is 29.4 Å². The van der Waals surface area contributed by atoms with Crippen molar-refractivity contribution in [3.05, 3.63) is 65.5 Å². The summed E-state index contributed by atoms with van der Waals surface area (Å²) in [5, 5.41) is 6.80. The number of imide groups is 1. The number of ether oxygens (including phenoxy) is 1. The fourth-order valence-corrected chi connectivity index (χ4v) is 4.84. The normalized spacial score (nSPS) is 22.2. The van der Waals surface area contributed by atoms with Crippen molar-refractivity contribution in [1.29, 1.82) is 0 Å². The van der Waals surface area contributed by atoms with Crippen LogP contribution in [-0.2, 0) is 17.5 Å². The Hall–Kier alpha value is -3.89. The highest BCUT2D eigenvalue weighted by atomic mass is 19.4. The summed E-state index contributed by atoms with van der Waals surface area (Å²) < 4.78 is 49.7. The smallest absolute Gasteiger partial charge is 0.416 e. The van der Waals surface area contributed by atoms with Crippen LogP contribution in [0.3, 0.4) is 0 Å². The molecule has 188 valence electrons. The van der Waals surface area contributed by atoms with Gasteiger partial charge in [-0.3, -0.25) is 9.69 Å². The predicted molar refractivity (Wildman–Crippen MR) is 121 cm³/mol. The van der Waals surface area contributed by atoms with E-state index in [2.05, 4.69) is 15.5 Å². The molecule has 36 heavy (non-hydrogen) atoms. The fourth-order valence-electron chi connectivity index (χ4n) is 4.84. The van der Waals surface area contributed by atoms with Gasteiger partial charge in [0.2, 0.25) is 17.6 Å². The molecular weight excluding hydrogens is 477 g/mol. The monoisotopic (exact) mass is 500 g/mol. The molecule has 1 aliphatic carbocycles. The van der Waals surface area contributed by atoms with Crippen molar-refractivity contribution < 1.29 is 32.0 Å². The second-order valence-corrected chi connectivity index (χ2v) is 8.98. The molecule has 2 aromatic carbocycles. The molecule has 0 spiro atoms. The lowest BCUT2D eigenvalue weighted by Gasteiger charge is -2.41. The standard InChI is InChI=1S/C25H23F3N4O4/c1-35-18-7-2-4-14(10-18)13-32-23(33)19-9-8-16(12-20(19)29-24(32)34)22-30-21(31-36-22)15-5-3-6-17(11-15)25(26,27)28/h2-7,10-11,16,19-20H,8-9,12-13H2,1H3,(H,29,34). The van der Waals surface area contributed by atoms with Crippen LogP contribution < -0.4 is 10.1 Å². The first-order valence-electron chi connectivity index (χ1n) is 11.5. The van der Waals surface area contributed by atoms with Crippen molar-refractivity contribution in [3.8, 4) is 17.1 Å². The van der Waals surface area contributed by atoms with Crippen LogP contribution in [-0.4, -0.2) is 40.1 Å². The van der Waals surface area contributed by atoms with E-state index in [1.54, 1.807) is 25.3 Å². The maximum atomic E-state index is 13.2. The molecule has 3 amide bonds. The lowest BCUT2D eigenvalue weighted by molar-refractivity contribution is -0.138. The number of nitrogens with zero attached hydrogens (tertiary/aromatic N) is 3. The molecule has 3 unspecified atom stereocenters. The minimum absolute atomic E-state index is 0.0615. The van der Waals surface area contributed by atoms with Crippen molar-refractivity contribution >= 4 is 11.9 Å². The number of halogens is 3. The number of urea groups is 1. The number of benzene rings is 2. The number of hydrogen-bond acceptors (Lipinski definition) is 6. The Labute approximate surface area is 204 Å². The molecule has 1 saturated carbocycles. The van der Waals surface area contributed by atoms with Crippen molar-refractivity contribution in [3.63, 3.8) is 0 Å². The molecule has 3 atom stereocenters. The molecule has 1 aliphatic heterocycles. The highest BCUT2D eigenvalue weighted by Crippen LogP contribution is 2.39. The first-order chi connectivity index (χ1) is 17.2. The summed E-state index contributed by atoms with van der Waals surface area (Å²) in [6, 6.07) is 11.0. The quantitative estimate of drug-likeness (QED) is 0.542. The molecule has 2 heterocycles. The van der Waals surface area contributed by atoms with Gasteiger partial charge in [0.1, 0.15) is 5.75 Å². The van der Waals surface area contributed by atoms with E-state index < -0.39 is 23.8 Å². The van der Waals surface area contributed by atoms with Gasteiger partial charge in [-0.15, -0.1) is 0 Å². The van der Waals surface area contributed by atoms with Gasteiger partial charge in [-0.05, 0) is 49.1 Å². The summed E-state index contributed by atoms with van der Waals surface area (Å²) >= 11 is 0. The van der Waals surface area contributed by atoms with E-state index in [4.69, 9.17) is 9.26 Å². The number of fused-ring (bicyclic) bond motifs is 1. The van der Waals surface area contributed by atoms with Crippen molar-refractivity contribution in [2.45, 2.75) is 43.9 Å². The van der Waals surface area contributed by atoms with E-state index in [0.717, 1.165) is 17.7 Å². The van der Waals surface area contributed by atoms with Gasteiger partial charge in [0, 0.05) is 17.5 Å². The second-order valence-electron chi connectivity index (χ2n) is 8.98. The lowest BCUT2D eigenvalue weighted by Crippen LogP contribution is -2.60. The minimum Gasteiger partial charge on any atom is -0.497 e. The lowest BCUT2D eigenvalue weighted by atomic mass is 9.76. The molecule has 3 aromatic rings. The number of methoxy groups -OCH3 is 1. The van der Waals surface area contributed by atoms with Crippen LogP contribution in [0.25, 0.3) is 11.4 Å². The predicted octanol–water partition coefficient (Wildman–Crippen LogP) is 4.77. The Morgan fingerprint density at radius 2 is 1.94 bits per heavy atom. The number of carbonyl (C=O) groups excluding carboxylic acids is 2. The van der Waals surface area contributed by atoms with Crippen LogP contribution in [0.5, 0.6) is 5.75 Å². The van der Waals surface area contributed by atoms with Crippen molar-refractivity contribution in [2.24, 2.45) is 5.92 Å². The summed E-state index contributed by atoms with van der Waals surface area (Å²) in [5.74, 6) is 0.138. The molecule has 0 bridgehead atoms. The maximum absolute atomic E-state index is 13.2. The van der Waals surface area contributed by atoms with Gasteiger partial charge in [0.05, 0.1) is 25.1 Å². The molecule has 11 heteroatoms. The third-order valence-corrected chi connectivity index (χ3v) is 6.70. The van der Waals surface area contributed by atoms with Crippen LogP contribution in [0.1, 0.15) is 42.2 Å². The van der Waals surface area contributed by atoms with E-state index in [9.17, 15) is 22.8 Å². The molecule has 1 saturated heterocycles. The number of amides is 3. The first kappa shape index (κ1) is 23.8. The largest absolute Gasteiger partial charge is 0.497 e. The van der Waals surface area contributed by atoms with Crippen LogP contribution in [0.4, 0.5) is 18.0 Å². The van der Waals surface area contributed by atoms with Gasteiger partial charge in [-0.25, -0.2) is 4.79 Å². The zero-order chi connectivity index (χ0) is 25.4. The first-order valence-corrected chi connectivity index (χ1v) is 11.5. The highest BCUT2D eigenvalue weighted by molar-refractivity contribution is 5.98. The van der Waals surface area contributed by atoms with Gasteiger partial charge in [0.15, 0.2) is 0 Å². The van der Waals surface area contributed by atoms with E-state index >= 15 is 0 Å². The number of alkyl halides is 3. The summed E-state index contributed by atoms with van der Waals surface area (Å²) in [6.45, 7) is 0.137. The molecule has 2 fully saturated rings. The summed E-state index contributed by atoms with van der Waals surface area (Å²) in [4.78, 5) is 31.5. The SMILES string of the molecule is COc1cccc(CN2C(=O)NC3CC(c4nc(-c5cccc(C(F)(F)F)c5)no4)CCC3C2=O)c1. The molecule has 1 aromatic heterocycles. The van der Waals surface area contributed by atoms with Gasteiger partial charge < -0.3 is 14.6 Å². The van der Waals surface area contributed by atoms with E-state index in [1.165, 1.54) is 17.0 Å². The molecule has 2 aliphatic rings. The van der Waals surface area contributed by atoms with Gasteiger partial charge in [0.25, 0.3) is 0 Å². The average molecular weight is 500 g/mol. The Bertz CT molecular complexity index is 1290. The fraction of sp³-hybridized carbons (Fsp3) is 0.360. The number of aromatic nitrogens is 2. The number of hydrogen-bond donors (Lipinski definition) is 1. The summed E-state index contributed by atoms with van der Waals surface area (Å²) in [5.41, 5.74) is 0.176. The van der Waals surface area contributed by atoms with Crippen LogP contribution in [0.2, 0.25) is 0 Å². The van der Waals surface area contributed by atoms with Crippen LogP contribution >= 0.6 is 0 Å². The van der Waals surface area contributed by atoms with Crippen LogP contribution in [0, 0.1) is 5.92 Å². The van der Waals surface area contributed by atoms with Crippen LogP contribution in [0.15, 0.2) is 53.1 Å². The Balaban J connectivity index is 1.28. The van der Waals surface area contributed by atoms with Crippen molar-refractivity contribution in [2.75, 3.05) is 7.11 Å². The highest BCUT2D eigenvalue weighted by Gasteiger charge is 2.45. The van der Waals surface area contributed by atoms with Crippen molar-refractivity contribution in [1.82, 2.24) is 20.4 Å². The van der Waals surface area contributed by atoms with E-state index in [1.807, 2.05) is 6.07 Å².